The second-order valence-corrected chi connectivity index (χ2v) is 9.24. The summed E-state index contributed by atoms with van der Waals surface area (Å²) in [5.74, 6) is -4.86. The molecule has 1 aliphatic heterocycles. The number of carbonyl (C=O) groups is 2. The third-order valence-electron chi connectivity index (χ3n) is 6.57. The molecule has 8 heteroatoms. The first-order valence-corrected chi connectivity index (χ1v) is 10.3. The molecule has 0 aliphatic carbocycles. The molecule has 170 valence electrons. The van der Waals surface area contributed by atoms with Crippen LogP contribution in [0, 0.1) is 23.7 Å². The van der Waals surface area contributed by atoms with Gasteiger partial charge in [0.25, 0.3) is 0 Å². The third-order valence-corrected chi connectivity index (χ3v) is 6.57. The molecule has 1 aliphatic rings. The lowest BCUT2D eigenvalue weighted by atomic mass is 9.74. The molecule has 1 fully saturated rings. The minimum Gasteiger partial charge on any atom is -0.459 e. The van der Waals surface area contributed by atoms with Gasteiger partial charge in [-0.3, -0.25) is 9.59 Å². The fraction of sp³-hybridized carbons (Fsp3) is 0.905. The van der Waals surface area contributed by atoms with Crippen LogP contribution in [-0.2, 0) is 14.3 Å². The van der Waals surface area contributed by atoms with E-state index in [9.17, 15) is 35.1 Å². The van der Waals surface area contributed by atoms with Gasteiger partial charge < -0.3 is 30.3 Å². The van der Waals surface area contributed by atoms with Gasteiger partial charge in [-0.15, -0.1) is 0 Å². The van der Waals surface area contributed by atoms with Gasteiger partial charge >= 0.3 is 5.97 Å². The lowest BCUT2D eigenvalue weighted by Crippen LogP contribution is -2.57. The summed E-state index contributed by atoms with van der Waals surface area (Å²) in [6.45, 7) is 10.3. The SMILES string of the molecule is CC[C@H]1OC(=O)[C@H](C)[C@@H](O)C(C)[C@@H](O)[C@](C)(O)C[C@@H](C)C(=O)[C@H](C)[C@@H](O)[C@]1(C)O. The van der Waals surface area contributed by atoms with Crippen molar-refractivity contribution in [1.82, 2.24) is 0 Å². The zero-order valence-electron chi connectivity index (χ0n) is 18.5. The minimum absolute atomic E-state index is 0.112. The van der Waals surface area contributed by atoms with E-state index in [1.54, 1.807) is 13.8 Å². The van der Waals surface area contributed by atoms with E-state index in [0.29, 0.717) is 0 Å². The Balaban J connectivity index is 3.42. The topological polar surface area (TPSA) is 145 Å². The van der Waals surface area contributed by atoms with Crippen LogP contribution >= 0.6 is 0 Å². The van der Waals surface area contributed by atoms with Gasteiger partial charge in [0.15, 0.2) is 0 Å². The summed E-state index contributed by atoms with van der Waals surface area (Å²) >= 11 is 0. The predicted octanol–water partition coefficient (Wildman–Crippen LogP) is 0.410. The normalized spacial score (nSPS) is 48.7. The van der Waals surface area contributed by atoms with E-state index in [4.69, 9.17) is 4.74 Å². The molecule has 0 spiro atoms. The fourth-order valence-electron chi connectivity index (χ4n) is 4.35. The second kappa shape index (κ2) is 9.39. The van der Waals surface area contributed by atoms with E-state index in [0.717, 1.165) is 0 Å². The molecule has 0 aromatic rings. The molecule has 0 saturated carbocycles. The van der Waals surface area contributed by atoms with Crippen molar-refractivity contribution in [2.75, 3.05) is 0 Å². The highest BCUT2D eigenvalue weighted by atomic mass is 16.6. The van der Waals surface area contributed by atoms with Crippen LogP contribution in [0.15, 0.2) is 0 Å². The zero-order valence-corrected chi connectivity index (χ0v) is 18.5. The Kier molecular flexibility index (Phi) is 8.41. The van der Waals surface area contributed by atoms with E-state index in [1.807, 2.05) is 0 Å². The highest BCUT2D eigenvalue weighted by Crippen LogP contribution is 2.34. The number of esters is 1. The number of aliphatic hydroxyl groups is 5. The van der Waals surface area contributed by atoms with Crippen molar-refractivity contribution in [2.24, 2.45) is 23.7 Å². The molecule has 1 rings (SSSR count). The summed E-state index contributed by atoms with van der Waals surface area (Å²) in [5, 5.41) is 53.6. The van der Waals surface area contributed by atoms with Crippen molar-refractivity contribution in [3.8, 4) is 0 Å². The molecule has 0 radical (unpaired) electrons. The molecule has 0 aromatic carbocycles. The highest BCUT2D eigenvalue weighted by molar-refractivity contribution is 5.83. The molecule has 0 amide bonds. The minimum atomic E-state index is -1.90. The molecule has 1 heterocycles. The second-order valence-electron chi connectivity index (χ2n) is 9.24. The van der Waals surface area contributed by atoms with Gasteiger partial charge in [0.05, 0.1) is 29.8 Å². The summed E-state index contributed by atoms with van der Waals surface area (Å²) in [7, 11) is 0. The maximum absolute atomic E-state index is 12.8. The number of carbonyl (C=O) groups excluding carboxylic acids is 2. The van der Waals surface area contributed by atoms with Crippen LogP contribution < -0.4 is 0 Å². The Morgan fingerprint density at radius 1 is 0.966 bits per heavy atom. The maximum Gasteiger partial charge on any atom is 0.311 e. The van der Waals surface area contributed by atoms with Gasteiger partial charge in [-0.2, -0.15) is 0 Å². The van der Waals surface area contributed by atoms with Crippen molar-refractivity contribution in [3.63, 3.8) is 0 Å². The summed E-state index contributed by atoms with van der Waals surface area (Å²) < 4.78 is 5.39. The number of hydrogen-bond donors (Lipinski definition) is 5. The maximum atomic E-state index is 12.8. The Hall–Kier alpha value is -1.06. The first kappa shape index (κ1) is 26.0. The Morgan fingerprint density at radius 3 is 1.97 bits per heavy atom. The van der Waals surface area contributed by atoms with Crippen LogP contribution in [-0.4, -0.2) is 72.9 Å². The first-order valence-electron chi connectivity index (χ1n) is 10.3. The number of cyclic esters (lactones) is 1. The summed E-state index contributed by atoms with van der Waals surface area (Å²) in [6.07, 6.45) is -5.29. The summed E-state index contributed by atoms with van der Waals surface area (Å²) in [5.41, 5.74) is -3.62. The molecular weight excluding hydrogens is 380 g/mol. The first-order chi connectivity index (χ1) is 13.1. The number of ether oxygens (including phenoxy) is 1. The van der Waals surface area contributed by atoms with Crippen LogP contribution in [0.25, 0.3) is 0 Å². The molecule has 5 N–H and O–H groups in total. The van der Waals surface area contributed by atoms with E-state index in [-0.39, 0.29) is 12.8 Å². The lowest BCUT2D eigenvalue weighted by molar-refractivity contribution is -0.195. The predicted molar refractivity (Wildman–Crippen MR) is 106 cm³/mol. The standard InChI is InChI=1S/C21H38O8/c1-8-14-21(7,28)18(25)11(3)15(22)10(2)9-20(6,27)17(24)12(4)16(23)13(5)19(26)29-14/h10-14,16-18,23-25,27-28H,8-9H2,1-7H3/t10-,11+,12?,13-,14-,16+,17-,18-,20-,21-/m1/s1. The number of hydrogen-bond acceptors (Lipinski definition) is 8. The Labute approximate surface area is 172 Å². The van der Waals surface area contributed by atoms with Gasteiger partial charge in [-0.05, 0) is 33.6 Å². The largest absolute Gasteiger partial charge is 0.459 e. The van der Waals surface area contributed by atoms with E-state index in [1.165, 1.54) is 34.6 Å². The van der Waals surface area contributed by atoms with Gasteiger partial charge in [-0.1, -0.05) is 27.7 Å². The van der Waals surface area contributed by atoms with Gasteiger partial charge in [0, 0.05) is 17.8 Å². The molecule has 1 unspecified atom stereocenters. The quantitative estimate of drug-likeness (QED) is 0.385. The highest BCUT2D eigenvalue weighted by Gasteiger charge is 2.48. The average molecular weight is 419 g/mol. The fourth-order valence-corrected chi connectivity index (χ4v) is 4.35. The van der Waals surface area contributed by atoms with E-state index < -0.39 is 71.0 Å². The monoisotopic (exact) mass is 418 g/mol. The Bertz CT molecular complexity index is 587. The lowest BCUT2D eigenvalue weighted by Gasteiger charge is -2.41. The van der Waals surface area contributed by atoms with Crippen molar-refractivity contribution in [1.29, 1.82) is 0 Å². The van der Waals surface area contributed by atoms with Crippen LogP contribution in [0.2, 0.25) is 0 Å². The average Bonchev–Trinajstić information content (AvgIpc) is 2.66. The number of ketones is 1. The molecular formula is C21H38O8. The molecule has 10 atom stereocenters. The van der Waals surface area contributed by atoms with Gasteiger partial charge in [-0.25, -0.2) is 0 Å². The van der Waals surface area contributed by atoms with Crippen molar-refractivity contribution >= 4 is 11.8 Å². The zero-order chi connectivity index (χ0) is 22.9. The molecule has 8 nitrogen and oxygen atoms in total. The van der Waals surface area contributed by atoms with Gasteiger partial charge in [0.1, 0.15) is 17.5 Å². The number of rotatable bonds is 1. The van der Waals surface area contributed by atoms with E-state index in [2.05, 4.69) is 0 Å². The van der Waals surface area contributed by atoms with Crippen LogP contribution in [0.5, 0.6) is 0 Å². The van der Waals surface area contributed by atoms with E-state index >= 15 is 0 Å². The van der Waals surface area contributed by atoms with Crippen molar-refractivity contribution in [2.45, 2.75) is 96.9 Å². The van der Waals surface area contributed by atoms with Gasteiger partial charge in [0.2, 0.25) is 0 Å². The van der Waals surface area contributed by atoms with Crippen LogP contribution in [0.3, 0.4) is 0 Å². The molecule has 29 heavy (non-hydrogen) atoms. The van der Waals surface area contributed by atoms with Crippen molar-refractivity contribution in [3.05, 3.63) is 0 Å². The summed E-state index contributed by atoms with van der Waals surface area (Å²) in [4.78, 5) is 25.4. The smallest absolute Gasteiger partial charge is 0.311 e. The number of aliphatic hydroxyl groups excluding tert-OH is 3. The Morgan fingerprint density at radius 2 is 1.48 bits per heavy atom. The molecule has 0 aromatic heterocycles. The molecule has 1 saturated heterocycles. The van der Waals surface area contributed by atoms with Crippen LogP contribution in [0.4, 0.5) is 0 Å². The summed E-state index contributed by atoms with van der Waals surface area (Å²) in [6, 6.07) is 0. The molecule has 0 bridgehead atoms. The number of Topliss-reactive ketones (excluding diaryl/α,β-unsaturated/α-hetero) is 1. The van der Waals surface area contributed by atoms with Crippen LogP contribution in [0.1, 0.15) is 61.3 Å². The van der Waals surface area contributed by atoms with Crippen molar-refractivity contribution < 1.29 is 39.9 Å². The third kappa shape index (κ3) is 5.35.